The fourth-order valence-electron chi connectivity index (χ4n) is 10.8. The number of imidazole rings is 1. The van der Waals surface area contributed by atoms with E-state index in [0.29, 0.717) is 5.56 Å². The molecular formula is C61H47N3O+2. The average Bonchev–Trinajstić information content (AvgIpc) is 3.85. The van der Waals surface area contributed by atoms with Crippen LogP contribution in [0.1, 0.15) is 47.1 Å². The molecule has 5 heterocycles. The molecule has 4 heteroatoms. The first kappa shape index (κ1) is 34.6. The molecule has 0 saturated heterocycles. The van der Waals surface area contributed by atoms with E-state index in [4.69, 9.17) is 8.85 Å². The van der Waals surface area contributed by atoms with E-state index in [2.05, 4.69) is 211 Å². The fourth-order valence-corrected chi connectivity index (χ4v) is 10.8. The van der Waals surface area contributed by atoms with E-state index in [0.717, 1.165) is 95.2 Å². The van der Waals surface area contributed by atoms with Gasteiger partial charge in [-0.2, -0.15) is 4.57 Å². The standard InChI is InChI=1S/C61H47N3O/c1-38-23-25-41(26-24-38)44-31-32-62-54(36-44)52-35-45(40-15-8-6-9-16-40)34-51-47-20-14-21-53-58(47)64-59(48-19-12-13-22-56(48)65-61(62,64)57(51)52)63(53)55-33-39(2)49(42-17-10-7-11-18-42)37-50(55)43-27-29-46(30-28-43)60(3,4)5/h6-37H,1-5H3/q+2/i1D3. The van der Waals surface area contributed by atoms with Crippen LogP contribution in [0, 0.1) is 13.8 Å². The third-order valence-electron chi connectivity index (χ3n) is 14.0. The predicted octanol–water partition coefficient (Wildman–Crippen LogP) is 14.0. The highest BCUT2D eigenvalue weighted by atomic mass is 16.5. The third kappa shape index (κ3) is 5.37. The van der Waals surface area contributed by atoms with E-state index in [1.165, 1.54) is 22.3 Å². The largest absolute Gasteiger partial charge is 0.499 e. The van der Waals surface area contributed by atoms with Gasteiger partial charge in [0.1, 0.15) is 22.6 Å². The normalized spacial score (nSPS) is 15.9. The Kier molecular flexibility index (Phi) is 7.24. The van der Waals surface area contributed by atoms with Crippen molar-refractivity contribution in [2.24, 2.45) is 0 Å². The maximum Gasteiger partial charge on any atom is 0.499 e. The summed E-state index contributed by atoms with van der Waals surface area (Å²) in [4.78, 5) is 0. The number of fused-ring (bicyclic) bond motifs is 5. The first-order valence-electron chi connectivity index (χ1n) is 24.0. The van der Waals surface area contributed by atoms with Gasteiger partial charge in [0.15, 0.2) is 17.2 Å². The van der Waals surface area contributed by atoms with Crippen LogP contribution < -0.4 is 13.9 Å². The van der Waals surface area contributed by atoms with Crippen molar-refractivity contribution < 1.29 is 18.0 Å². The number of pyridine rings is 1. The van der Waals surface area contributed by atoms with Crippen molar-refractivity contribution in [2.75, 3.05) is 0 Å². The van der Waals surface area contributed by atoms with Gasteiger partial charge in [0.25, 0.3) is 0 Å². The quantitative estimate of drug-likeness (QED) is 0.158. The molecule has 1 unspecified atom stereocenters. The molecule has 4 nitrogen and oxygen atoms in total. The van der Waals surface area contributed by atoms with Gasteiger partial charge >= 0.3 is 11.7 Å². The lowest BCUT2D eigenvalue weighted by Crippen LogP contribution is -2.78. The van der Waals surface area contributed by atoms with Crippen molar-refractivity contribution >= 4 is 11.0 Å². The fraction of sp³-hybridized carbons (Fsp3) is 0.115. The minimum atomic E-state index is -2.18. The van der Waals surface area contributed by atoms with Crippen LogP contribution in [-0.2, 0) is 11.3 Å². The van der Waals surface area contributed by atoms with E-state index < -0.39 is 12.7 Å². The average molecular weight is 841 g/mol. The van der Waals surface area contributed by atoms with Crippen LogP contribution in [0.2, 0.25) is 0 Å². The molecule has 310 valence electrons. The Labute approximate surface area is 384 Å². The Hall–Kier alpha value is -7.82. The number of ether oxygens (including phenoxy) is 1. The Morgan fingerprint density at radius 3 is 1.95 bits per heavy atom. The van der Waals surface area contributed by atoms with Crippen LogP contribution in [0.25, 0.3) is 95.0 Å². The number of aromatic nitrogens is 3. The Morgan fingerprint density at radius 1 is 0.538 bits per heavy atom. The predicted molar refractivity (Wildman–Crippen MR) is 263 cm³/mol. The van der Waals surface area contributed by atoms with Crippen LogP contribution in [0.5, 0.6) is 5.75 Å². The van der Waals surface area contributed by atoms with Gasteiger partial charge in [-0.15, -0.1) is 9.13 Å². The summed E-state index contributed by atoms with van der Waals surface area (Å²) in [6, 6.07) is 66.9. The van der Waals surface area contributed by atoms with Gasteiger partial charge in [-0.3, -0.25) is 0 Å². The van der Waals surface area contributed by atoms with Crippen LogP contribution in [0.4, 0.5) is 0 Å². The second kappa shape index (κ2) is 13.6. The molecule has 1 spiro atoms. The Bertz CT molecular complexity index is 3720. The molecule has 2 aromatic heterocycles. The van der Waals surface area contributed by atoms with Crippen molar-refractivity contribution in [3.8, 4) is 89.7 Å². The molecule has 65 heavy (non-hydrogen) atoms. The lowest BCUT2D eigenvalue weighted by atomic mass is 9.85. The van der Waals surface area contributed by atoms with Crippen molar-refractivity contribution in [1.82, 2.24) is 4.57 Å². The summed E-state index contributed by atoms with van der Waals surface area (Å²) in [5, 5.41) is 0. The molecule has 3 aliphatic heterocycles. The maximum absolute atomic E-state index is 8.02. The number of para-hydroxylation sites is 2. The number of benzene rings is 8. The Morgan fingerprint density at radius 2 is 1.20 bits per heavy atom. The SMILES string of the molecule is [2H]C([2H])([2H])c1ccc(-c2cc[n+]3c(c2)-c2cc(-c4ccccc4)cc4c2C32Oc3ccccc3-c3n(-c5cc(C)c(-c6ccccc6)cc5-c5ccc(C(C)(C)C)cc5)c5cccc-4c5[n+]32)cc1. The van der Waals surface area contributed by atoms with Crippen LogP contribution in [0.15, 0.2) is 194 Å². The number of rotatable bonds is 5. The number of nitrogens with zero attached hydrogens (tertiary/aromatic N) is 3. The minimum Gasteiger partial charge on any atom is -0.392 e. The molecule has 0 radical (unpaired) electrons. The third-order valence-corrected chi connectivity index (χ3v) is 14.0. The van der Waals surface area contributed by atoms with E-state index >= 15 is 0 Å². The molecule has 13 rings (SSSR count). The molecule has 0 fully saturated rings. The first-order valence-corrected chi connectivity index (χ1v) is 22.5. The van der Waals surface area contributed by atoms with E-state index in [1.807, 2.05) is 12.1 Å². The molecular weight excluding hydrogens is 791 g/mol. The van der Waals surface area contributed by atoms with E-state index in [9.17, 15) is 0 Å². The lowest BCUT2D eigenvalue weighted by molar-refractivity contribution is -0.997. The summed E-state index contributed by atoms with van der Waals surface area (Å²) < 4.78 is 39.1. The lowest BCUT2D eigenvalue weighted by Gasteiger charge is -2.32. The molecule has 10 aromatic rings. The monoisotopic (exact) mass is 840 g/mol. The second-order valence-corrected chi connectivity index (χ2v) is 18.8. The highest BCUT2D eigenvalue weighted by Crippen LogP contribution is 2.54. The molecule has 1 atom stereocenters. The van der Waals surface area contributed by atoms with Gasteiger partial charge in [-0.05, 0) is 118 Å². The van der Waals surface area contributed by atoms with Gasteiger partial charge in [-0.1, -0.05) is 154 Å². The highest BCUT2D eigenvalue weighted by molar-refractivity contribution is 6.00. The Balaban J connectivity index is 1.15. The highest BCUT2D eigenvalue weighted by Gasteiger charge is 2.68. The zero-order valence-electron chi connectivity index (χ0n) is 39.7. The van der Waals surface area contributed by atoms with Crippen LogP contribution in [0.3, 0.4) is 0 Å². The van der Waals surface area contributed by atoms with Crippen molar-refractivity contribution in [2.45, 2.75) is 45.8 Å². The van der Waals surface area contributed by atoms with Gasteiger partial charge < -0.3 is 4.74 Å². The minimum absolute atomic E-state index is 0.00834. The summed E-state index contributed by atoms with van der Waals surface area (Å²) >= 11 is 0. The van der Waals surface area contributed by atoms with Gasteiger partial charge in [-0.25, -0.2) is 0 Å². The smallest absolute Gasteiger partial charge is 0.392 e. The first-order chi connectivity index (χ1) is 32.9. The number of hydrogen-bond donors (Lipinski definition) is 0. The molecule has 8 aromatic carbocycles. The summed E-state index contributed by atoms with van der Waals surface area (Å²) in [6.07, 6.45) is 2.16. The number of hydrogen-bond acceptors (Lipinski definition) is 1. The second-order valence-electron chi connectivity index (χ2n) is 18.8. The summed E-state index contributed by atoms with van der Waals surface area (Å²) in [5.74, 6) is 0.679. The van der Waals surface area contributed by atoms with Crippen LogP contribution >= 0.6 is 0 Å². The molecule has 0 aliphatic carbocycles. The van der Waals surface area contributed by atoms with Gasteiger partial charge in [0, 0.05) is 32.9 Å². The molecule has 3 aliphatic rings. The summed E-state index contributed by atoms with van der Waals surface area (Å²) in [5.41, 5.74) is 21.3. The zero-order chi connectivity index (χ0) is 46.3. The van der Waals surface area contributed by atoms with E-state index in [1.54, 1.807) is 12.1 Å². The van der Waals surface area contributed by atoms with Gasteiger partial charge in [0.2, 0.25) is 5.69 Å². The maximum atomic E-state index is 8.02. The summed E-state index contributed by atoms with van der Waals surface area (Å²) in [7, 11) is 0. The van der Waals surface area contributed by atoms with Crippen molar-refractivity contribution in [3.05, 3.63) is 217 Å². The van der Waals surface area contributed by atoms with Crippen LogP contribution in [-0.4, -0.2) is 4.57 Å². The number of aryl methyl sites for hydroxylation is 2. The summed E-state index contributed by atoms with van der Waals surface area (Å²) in [6.45, 7) is 6.85. The molecule has 0 amide bonds. The zero-order valence-corrected chi connectivity index (χ0v) is 36.7. The molecule has 0 bridgehead atoms. The topological polar surface area (TPSA) is 21.9 Å². The van der Waals surface area contributed by atoms with Crippen molar-refractivity contribution in [3.63, 3.8) is 0 Å². The van der Waals surface area contributed by atoms with Crippen molar-refractivity contribution in [1.29, 1.82) is 0 Å². The van der Waals surface area contributed by atoms with Gasteiger partial charge in [0.05, 0.1) is 5.56 Å². The molecule has 0 saturated carbocycles. The molecule has 0 N–H and O–H groups in total. The van der Waals surface area contributed by atoms with E-state index in [-0.39, 0.29) is 5.41 Å².